The molecule has 1 aromatic heterocycles. The summed E-state index contributed by atoms with van der Waals surface area (Å²) in [5.74, 6) is 1.04. The van der Waals surface area contributed by atoms with Crippen LogP contribution < -0.4 is 10.1 Å². The maximum atomic E-state index is 5.91. The van der Waals surface area contributed by atoms with E-state index in [4.69, 9.17) is 16.3 Å². The standard InChI is InChI=1S/C15H16ClNOS/c16-15-6-5-13(19-15)7-8-17-10-12-9-11-3-1-2-4-14(11)18-12/h1-6,12,17H,7-10H2. The van der Waals surface area contributed by atoms with Crippen LogP contribution in [0.1, 0.15) is 10.4 Å². The third-order valence-electron chi connectivity index (χ3n) is 3.26. The van der Waals surface area contributed by atoms with E-state index in [1.807, 2.05) is 18.2 Å². The van der Waals surface area contributed by atoms with Gasteiger partial charge in [0.1, 0.15) is 11.9 Å². The van der Waals surface area contributed by atoms with Crippen LogP contribution in [0, 0.1) is 0 Å². The lowest BCUT2D eigenvalue weighted by Crippen LogP contribution is -2.31. The third-order valence-corrected chi connectivity index (χ3v) is 4.55. The minimum absolute atomic E-state index is 0.268. The summed E-state index contributed by atoms with van der Waals surface area (Å²) in [6.07, 6.45) is 2.30. The molecule has 19 heavy (non-hydrogen) atoms. The van der Waals surface area contributed by atoms with Crippen molar-refractivity contribution in [1.29, 1.82) is 0 Å². The number of ether oxygens (including phenoxy) is 1. The van der Waals surface area contributed by atoms with Gasteiger partial charge in [-0.2, -0.15) is 0 Å². The lowest BCUT2D eigenvalue weighted by Gasteiger charge is -2.11. The zero-order valence-electron chi connectivity index (χ0n) is 10.6. The van der Waals surface area contributed by atoms with Crippen LogP contribution in [0.2, 0.25) is 4.34 Å². The van der Waals surface area contributed by atoms with Crippen molar-refractivity contribution in [2.24, 2.45) is 0 Å². The van der Waals surface area contributed by atoms with Gasteiger partial charge in [-0.1, -0.05) is 29.8 Å². The van der Waals surface area contributed by atoms with Crippen LogP contribution >= 0.6 is 22.9 Å². The SMILES string of the molecule is Clc1ccc(CCNCC2Cc3ccccc3O2)s1. The number of rotatable bonds is 5. The molecule has 2 nitrogen and oxygen atoms in total. The van der Waals surface area contributed by atoms with Gasteiger partial charge in [0.05, 0.1) is 4.34 Å². The Balaban J connectivity index is 1.40. The minimum atomic E-state index is 0.268. The number of hydrogen-bond donors (Lipinski definition) is 1. The summed E-state index contributed by atoms with van der Waals surface area (Å²) in [5.41, 5.74) is 1.32. The number of nitrogens with one attached hydrogen (secondary N) is 1. The number of para-hydroxylation sites is 1. The second kappa shape index (κ2) is 5.95. The zero-order chi connectivity index (χ0) is 13.1. The molecule has 0 fully saturated rings. The second-order valence-corrected chi connectivity index (χ2v) is 6.51. The Hall–Kier alpha value is -1.03. The topological polar surface area (TPSA) is 21.3 Å². The summed E-state index contributed by atoms with van der Waals surface area (Å²) in [6, 6.07) is 12.3. The molecule has 0 aliphatic carbocycles. The molecule has 0 amide bonds. The highest BCUT2D eigenvalue weighted by molar-refractivity contribution is 7.16. The van der Waals surface area contributed by atoms with Crippen LogP contribution in [0.25, 0.3) is 0 Å². The number of benzene rings is 1. The van der Waals surface area contributed by atoms with E-state index < -0.39 is 0 Å². The van der Waals surface area contributed by atoms with Gasteiger partial charge in [-0.3, -0.25) is 0 Å². The predicted octanol–water partition coefficient (Wildman–Crippen LogP) is 3.54. The van der Waals surface area contributed by atoms with Crippen LogP contribution in [0.4, 0.5) is 0 Å². The lowest BCUT2D eigenvalue weighted by molar-refractivity contribution is 0.228. The number of fused-ring (bicyclic) bond motifs is 1. The zero-order valence-corrected chi connectivity index (χ0v) is 12.1. The molecule has 4 heteroatoms. The Kier molecular flexibility index (Phi) is 4.06. The molecule has 2 heterocycles. The van der Waals surface area contributed by atoms with Crippen LogP contribution in [-0.2, 0) is 12.8 Å². The monoisotopic (exact) mass is 293 g/mol. The van der Waals surface area contributed by atoms with Gasteiger partial charge < -0.3 is 10.1 Å². The number of thiophene rings is 1. The van der Waals surface area contributed by atoms with Crippen LogP contribution in [0.15, 0.2) is 36.4 Å². The Morgan fingerprint density at radius 2 is 2.16 bits per heavy atom. The van der Waals surface area contributed by atoms with Gasteiger partial charge in [-0.25, -0.2) is 0 Å². The van der Waals surface area contributed by atoms with Crippen molar-refractivity contribution in [3.63, 3.8) is 0 Å². The predicted molar refractivity (Wildman–Crippen MR) is 80.5 cm³/mol. The van der Waals surface area contributed by atoms with Crippen LogP contribution in [-0.4, -0.2) is 19.2 Å². The highest BCUT2D eigenvalue weighted by Crippen LogP contribution is 2.27. The third kappa shape index (κ3) is 3.30. The maximum Gasteiger partial charge on any atom is 0.123 e. The number of halogens is 1. The lowest BCUT2D eigenvalue weighted by atomic mass is 10.1. The Labute approximate surface area is 122 Å². The summed E-state index contributed by atoms with van der Waals surface area (Å²) in [5, 5.41) is 3.46. The van der Waals surface area contributed by atoms with E-state index in [2.05, 4.69) is 23.5 Å². The molecule has 0 spiro atoms. The van der Waals surface area contributed by atoms with Gasteiger partial charge in [0, 0.05) is 24.4 Å². The average molecular weight is 294 g/mol. The Bertz CT molecular complexity index is 530. The number of hydrogen-bond acceptors (Lipinski definition) is 3. The van der Waals surface area contributed by atoms with Crippen molar-refractivity contribution in [1.82, 2.24) is 5.32 Å². The van der Waals surface area contributed by atoms with E-state index in [0.29, 0.717) is 0 Å². The fourth-order valence-corrected chi connectivity index (χ4v) is 3.42. The van der Waals surface area contributed by atoms with Gasteiger partial charge in [0.2, 0.25) is 0 Å². The van der Waals surface area contributed by atoms with Crippen LogP contribution in [0.3, 0.4) is 0 Å². The molecule has 0 bridgehead atoms. The van der Waals surface area contributed by atoms with Crippen LogP contribution in [0.5, 0.6) is 5.75 Å². The molecular weight excluding hydrogens is 278 g/mol. The van der Waals surface area contributed by atoms with Gasteiger partial charge >= 0.3 is 0 Å². The summed E-state index contributed by atoms with van der Waals surface area (Å²) in [6.45, 7) is 1.86. The van der Waals surface area contributed by atoms with E-state index in [0.717, 1.165) is 36.0 Å². The summed E-state index contributed by atoms with van der Waals surface area (Å²) in [4.78, 5) is 1.33. The van der Waals surface area contributed by atoms with Crippen molar-refractivity contribution >= 4 is 22.9 Å². The Morgan fingerprint density at radius 1 is 1.26 bits per heavy atom. The molecule has 0 saturated carbocycles. The highest BCUT2D eigenvalue weighted by atomic mass is 35.5. The van der Waals surface area contributed by atoms with E-state index in [9.17, 15) is 0 Å². The normalized spacial score (nSPS) is 17.2. The van der Waals surface area contributed by atoms with Gasteiger partial charge in [0.25, 0.3) is 0 Å². The molecule has 3 rings (SSSR count). The molecule has 1 aliphatic heterocycles. The minimum Gasteiger partial charge on any atom is -0.488 e. The van der Waals surface area contributed by atoms with Crippen molar-refractivity contribution in [2.45, 2.75) is 18.9 Å². The molecule has 1 N–H and O–H groups in total. The van der Waals surface area contributed by atoms with Gasteiger partial charge in [-0.05, 0) is 30.2 Å². The van der Waals surface area contributed by atoms with Crippen molar-refractivity contribution in [2.75, 3.05) is 13.1 Å². The second-order valence-electron chi connectivity index (χ2n) is 4.71. The molecule has 1 aromatic carbocycles. The highest BCUT2D eigenvalue weighted by Gasteiger charge is 2.21. The smallest absolute Gasteiger partial charge is 0.123 e. The van der Waals surface area contributed by atoms with E-state index in [1.165, 1.54) is 10.4 Å². The summed E-state index contributed by atoms with van der Waals surface area (Å²) < 4.78 is 6.75. The maximum absolute atomic E-state index is 5.91. The van der Waals surface area contributed by atoms with E-state index >= 15 is 0 Å². The van der Waals surface area contributed by atoms with Gasteiger partial charge in [0.15, 0.2) is 0 Å². The molecule has 0 radical (unpaired) electrons. The summed E-state index contributed by atoms with van der Waals surface area (Å²) >= 11 is 7.56. The first kappa shape index (κ1) is 13.0. The molecule has 100 valence electrons. The quantitative estimate of drug-likeness (QED) is 0.852. The molecule has 1 unspecified atom stereocenters. The summed E-state index contributed by atoms with van der Waals surface area (Å²) in [7, 11) is 0. The molecule has 2 aromatic rings. The first-order valence-corrected chi connectivity index (χ1v) is 7.70. The first-order valence-electron chi connectivity index (χ1n) is 6.51. The van der Waals surface area contributed by atoms with Crippen molar-refractivity contribution < 1.29 is 4.74 Å². The fraction of sp³-hybridized carbons (Fsp3) is 0.333. The Morgan fingerprint density at radius 3 is 2.95 bits per heavy atom. The molecule has 1 aliphatic rings. The average Bonchev–Trinajstić information content (AvgIpc) is 3.00. The fourth-order valence-electron chi connectivity index (χ4n) is 2.33. The molecule has 1 atom stereocenters. The molecule has 0 saturated heterocycles. The largest absolute Gasteiger partial charge is 0.488 e. The van der Waals surface area contributed by atoms with E-state index in [1.54, 1.807) is 11.3 Å². The van der Waals surface area contributed by atoms with Gasteiger partial charge in [-0.15, -0.1) is 11.3 Å². The van der Waals surface area contributed by atoms with Crippen molar-refractivity contribution in [3.8, 4) is 5.75 Å². The first-order chi connectivity index (χ1) is 9.31. The van der Waals surface area contributed by atoms with E-state index in [-0.39, 0.29) is 6.10 Å². The van der Waals surface area contributed by atoms with Crippen molar-refractivity contribution in [3.05, 3.63) is 51.2 Å². The molecular formula is C15H16ClNOS.